The molecule has 0 amide bonds. The first-order chi connectivity index (χ1) is 10.6. The van der Waals surface area contributed by atoms with Gasteiger partial charge in [0.05, 0.1) is 20.7 Å². The van der Waals surface area contributed by atoms with Crippen LogP contribution in [-0.4, -0.2) is 17.2 Å². The third-order valence-corrected chi connectivity index (χ3v) is 6.34. The summed E-state index contributed by atoms with van der Waals surface area (Å²) < 4.78 is 0.927. The van der Waals surface area contributed by atoms with Crippen LogP contribution >= 0.6 is 46.0 Å². The number of thiophene rings is 1. The maximum atomic E-state index is 11.0. The molecule has 2 heterocycles. The van der Waals surface area contributed by atoms with Gasteiger partial charge in [-0.25, -0.2) is 4.98 Å². The van der Waals surface area contributed by atoms with Crippen LogP contribution < -0.4 is 5.11 Å². The highest BCUT2D eigenvalue weighted by molar-refractivity contribution is 8.00. The number of halogens is 1. The average molecular weight is 367 g/mol. The molecule has 3 aromatic rings. The lowest BCUT2D eigenvalue weighted by molar-refractivity contribution is -0.254. The molecule has 0 saturated carbocycles. The molecule has 0 aliphatic heterocycles. The van der Waals surface area contributed by atoms with Gasteiger partial charge in [0.2, 0.25) is 0 Å². The van der Waals surface area contributed by atoms with Crippen molar-refractivity contribution in [3.8, 4) is 21.8 Å². The van der Waals surface area contributed by atoms with Crippen molar-refractivity contribution in [3.63, 3.8) is 0 Å². The normalized spacial score (nSPS) is 10.8. The Bertz CT molecular complexity index is 824. The van der Waals surface area contributed by atoms with Gasteiger partial charge in [0.15, 0.2) is 0 Å². The van der Waals surface area contributed by atoms with Crippen LogP contribution in [0.15, 0.2) is 39.9 Å². The predicted octanol–water partition coefficient (Wildman–Crippen LogP) is 4.28. The highest BCUT2D eigenvalue weighted by Crippen LogP contribution is 2.40. The molecule has 0 saturated heterocycles. The van der Waals surface area contributed by atoms with Gasteiger partial charge in [-0.15, -0.1) is 34.4 Å². The minimum absolute atomic E-state index is 0.225. The van der Waals surface area contributed by atoms with E-state index in [0.29, 0.717) is 5.02 Å². The summed E-state index contributed by atoms with van der Waals surface area (Å²) in [5.74, 6) is -1.15. The Balaban J connectivity index is 2.00. The van der Waals surface area contributed by atoms with Crippen LogP contribution in [0.2, 0.25) is 5.02 Å². The van der Waals surface area contributed by atoms with Crippen LogP contribution in [0.5, 0.6) is 0 Å². The quantitative estimate of drug-likeness (QED) is 0.647. The number of carboxylic acids is 1. The van der Waals surface area contributed by atoms with Gasteiger partial charge >= 0.3 is 0 Å². The summed E-state index contributed by atoms with van der Waals surface area (Å²) in [7, 11) is 0. The second-order valence-electron chi connectivity index (χ2n) is 4.35. The van der Waals surface area contributed by atoms with E-state index in [0.717, 1.165) is 26.0 Å². The molecule has 0 atom stereocenters. The molecule has 0 N–H and O–H groups in total. The van der Waals surface area contributed by atoms with Crippen LogP contribution in [0.4, 0.5) is 0 Å². The van der Waals surface area contributed by atoms with Crippen LogP contribution in [0.3, 0.4) is 0 Å². The van der Waals surface area contributed by atoms with Gasteiger partial charge in [-0.3, -0.25) is 0 Å². The van der Waals surface area contributed by atoms with Crippen LogP contribution in [0.1, 0.15) is 9.67 Å². The van der Waals surface area contributed by atoms with Gasteiger partial charge in [0.25, 0.3) is 0 Å². The number of hydrogen-bond acceptors (Lipinski definition) is 6. The Morgan fingerprint density at radius 1 is 1.32 bits per heavy atom. The first kappa shape index (κ1) is 15.6. The van der Waals surface area contributed by atoms with Gasteiger partial charge in [-0.2, -0.15) is 0 Å². The minimum Gasteiger partial charge on any atom is -0.544 e. The minimum atomic E-state index is -1.15. The summed E-state index contributed by atoms with van der Waals surface area (Å²) in [5.41, 5.74) is 2.68. The van der Waals surface area contributed by atoms with E-state index in [1.807, 2.05) is 35.9 Å². The molecule has 2 aromatic heterocycles. The SMILES string of the molecule is CSc1sc(C(=O)[O-])cc1-c1nc(-c2ccc(Cl)cc2)cs1. The lowest BCUT2D eigenvalue weighted by Crippen LogP contribution is -2.20. The largest absolute Gasteiger partial charge is 0.544 e. The molecule has 22 heavy (non-hydrogen) atoms. The van der Waals surface area contributed by atoms with E-state index in [9.17, 15) is 9.90 Å². The van der Waals surface area contributed by atoms with Crippen molar-refractivity contribution in [2.24, 2.45) is 0 Å². The molecule has 0 unspecified atom stereocenters. The smallest absolute Gasteiger partial charge is 0.126 e. The van der Waals surface area contributed by atoms with Gasteiger partial charge in [0.1, 0.15) is 5.01 Å². The number of thioether (sulfide) groups is 1. The molecule has 112 valence electrons. The van der Waals surface area contributed by atoms with Crippen molar-refractivity contribution in [3.05, 3.63) is 45.6 Å². The third-order valence-electron chi connectivity index (χ3n) is 2.96. The number of carbonyl (C=O) groups excluding carboxylic acids is 1. The van der Waals surface area contributed by atoms with Crippen molar-refractivity contribution < 1.29 is 9.90 Å². The van der Waals surface area contributed by atoms with E-state index in [1.165, 1.54) is 34.4 Å². The highest BCUT2D eigenvalue weighted by atomic mass is 35.5. The zero-order chi connectivity index (χ0) is 15.7. The lowest BCUT2D eigenvalue weighted by Gasteiger charge is -1.97. The first-order valence-electron chi connectivity index (χ1n) is 6.19. The number of carboxylic acid groups (broad SMARTS) is 1. The zero-order valence-corrected chi connectivity index (χ0v) is 14.5. The molecule has 0 aliphatic rings. The van der Waals surface area contributed by atoms with Crippen LogP contribution in [0, 0.1) is 0 Å². The van der Waals surface area contributed by atoms with E-state index in [-0.39, 0.29) is 4.88 Å². The van der Waals surface area contributed by atoms with E-state index in [4.69, 9.17) is 11.6 Å². The first-order valence-corrected chi connectivity index (χ1v) is 9.49. The Morgan fingerprint density at radius 3 is 2.68 bits per heavy atom. The van der Waals surface area contributed by atoms with Crippen molar-refractivity contribution in [1.29, 1.82) is 0 Å². The van der Waals surface area contributed by atoms with Gasteiger partial charge < -0.3 is 9.90 Å². The Hall–Kier alpha value is -1.34. The summed E-state index contributed by atoms with van der Waals surface area (Å²) >= 11 is 10.1. The second-order valence-corrected chi connectivity index (χ2v) is 7.77. The molecular formula is C15H9ClNO2S3-. The fourth-order valence-corrected chi connectivity index (χ4v) is 4.74. The molecule has 0 spiro atoms. The summed E-state index contributed by atoms with van der Waals surface area (Å²) in [6, 6.07) is 9.11. The number of aromatic carboxylic acids is 1. The molecule has 1 aromatic carbocycles. The third kappa shape index (κ3) is 3.05. The van der Waals surface area contributed by atoms with E-state index in [2.05, 4.69) is 4.98 Å². The maximum Gasteiger partial charge on any atom is 0.126 e. The molecule has 0 bridgehead atoms. The summed E-state index contributed by atoms with van der Waals surface area (Å²) in [4.78, 5) is 15.9. The number of carbonyl (C=O) groups is 1. The lowest BCUT2D eigenvalue weighted by atomic mass is 10.2. The molecule has 3 rings (SSSR count). The molecule has 0 aliphatic carbocycles. The monoisotopic (exact) mass is 366 g/mol. The molecule has 7 heteroatoms. The Morgan fingerprint density at radius 2 is 2.05 bits per heavy atom. The van der Waals surface area contributed by atoms with Crippen LogP contribution in [0.25, 0.3) is 21.8 Å². The number of aromatic nitrogens is 1. The fraction of sp³-hybridized carbons (Fsp3) is 0.0667. The summed E-state index contributed by atoms with van der Waals surface area (Å²) in [6.45, 7) is 0. The second kappa shape index (κ2) is 6.42. The molecule has 3 nitrogen and oxygen atoms in total. The number of nitrogens with zero attached hydrogens (tertiary/aromatic N) is 1. The van der Waals surface area contributed by atoms with Crippen molar-refractivity contribution in [2.45, 2.75) is 4.21 Å². The average Bonchev–Trinajstić information content (AvgIpc) is 3.14. The van der Waals surface area contributed by atoms with E-state index >= 15 is 0 Å². The zero-order valence-electron chi connectivity index (χ0n) is 11.3. The summed E-state index contributed by atoms with van der Waals surface area (Å²) in [6.07, 6.45) is 1.92. The number of hydrogen-bond donors (Lipinski definition) is 0. The van der Waals surface area contributed by atoms with Gasteiger partial charge in [-0.05, 0) is 24.5 Å². The Labute approximate surface area is 144 Å². The van der Waals surface area contributed by atoms with Gasteiger partial charge in [0, 0.05) is 21.5 Å². The topological polar surface area (TPSA) is 53.0 Å². The number of rotatable bonds is 4. The molecular weight excluding hydrogens is 358 g/mol. The van der Waals surface area contributed by atoms with Crippen molar-refractivity contribution in [2.75, 3.05) is 6.26 Å². The fourth-order valence-electron chi connectivity index (χ4n) is 1.93. The van der Waals surface area contributed by atoms with E-state index < -0.39 is 5.97 Å². The van der Waals surface area contributed by atoms with E-state index in [1.54, 1.807) is 6.07 Å². The van der Waals surface area contributed by atoms with Gasteiger partial charge in [-0.1, -0.05) is 23.7 Å². The standard InChI is InChI=1S/C15H10ClNO2S3/c1-20-15-10(6-12(22-15)14(18)19)13-17-11(7-21-13)8-2-4-9(16)5-3-8/h2-7H,1H3,(H,18,19)/p-1. The highest BCUT2D eigenvalue weighted by Gasteiger charge is 2.15. The van der Waals surface area contributed by atoms with Crippen LogP contribution in [-0.2, 0) is 0 Å². The van der Waals surface area contributed by atoms with Crippen molar-refractivity contribution in [1.82, 2.24) is 4.98 Å². The molecule has 0 radical (unpaired) electrons. The number of thiazole rings is 1. The van der Waals surface area contributed by atoms with Crippen molar-refractivity contribution >= 4 is 52.0 Å². The summed E-state index contributed by atoms with van der Waals surface area (Å²) in [5, 5.41) is 14.5. The maximum absolute atomic E-state index is 11.0. The number of benzene rings is 1. The predicted molar refractivity (Wildman–Crippen MR) is 92.0 cm³/mol. The molecule has 0 fully saturated rings. The Kier molecular flexibility index (Phi) is 4.54.